The first-order valence-electron chi connectivity index (χ1n) is 5.11. The van der Waals surface area contributed by atoms with E-state index in [0.717, 1.165) is 18.2 Å². The van der Waals surface area contributed by atoms with Crippen LogP contribution in [-0.4, -0.2) is 31.2 Å². The van der Waals surface area contributed by atoms with Gasteiger partial charge in [-0.05, 0) is 25.1 Å². The van der Waals surface area contributed by atoms with E-state index >= 15 is 0 Å². The van der Waals surface area contributed by atoms with Gasteiger partial charge in [-0.15, -0.1) is 0 Å². The van der Waals surface area contributed by atoms with Crippen LogP contribution in [0.15, 0.2) is 23.1 Å². The Bertz CT molecular complexity index is 673. The number of hydrogen-bond donors (Lipinski definition) is 2. The Morgan fingerprint density at radius 1 is 1.33 bits per heavy atom. The van der Waals surface area contributed by atoms with Crippen molar-refractivity contribution >= 4 is 42.9 Å². The van der Waals surface area contributed by atoms with Crippen LogP contribution in [0.25, 0.3) is 0 Å². The molecule has 1 unspecified atom stereocenters. The molecule has 0 saturated carbocycles. The first-order valence-corrected chi connectivity index (χ1v) is 7.80. The van der Waals surface area contributed by atoms with Crippen LogP contribution in [0.5, 0.6) is 0 Å². The van der Waals surface area contributed by atoms with Crippen molar-refractivity contribution in [2.45, 2.75) is 23.6 Å². The van der Waals surface area contributed by atoms with E-state index in [4.69, 9.17) is 27.4 Å². The molecule has 0 radical (unpaired) electrons. The fourth-order valence-electron chi connectivity index (χ4n) is 1.12. The van der Waals surface area contributed by atoms with Gasteiger partial charge in [-0.1, -0.05) is 11.6 Å². The van der Waals surface area contributed by atoms with Gasteiger partial charge in [0.25, 0.3) is 15.0 Å². The SMILES string of the molecule is CC(O)(C(=O)Nc1ccc(S(=O)(=O)Cl)cc1Cl)C(F)(F)F. The third-order valence-corrected chi connectivity index (χ3v) is 4.13. The predicted molar refractivity (Wildman–Crippen MR) is 69.8 cm³/mol. The monoisotopic (exact) mass is 365 g/mol. The number of amides is 1. The van der Waals surface area contributed by atoms with E-state index < -0.39 is 31.6 Å². The molecule has 1 aromatic carbocycles. The molecule has 0 bridgehead atoms. The third-order valence-electron chi connectivity index (χ3n) is 2.46. The lowest BCUT2D eigenvalue weighted by atomic mass is 10.1. The first kappa shape index (κ1) is 18.0. The van der Waals surface area contributed by atoms with Crippen molar-refractivity contribution in [2.75, 3.05) is 5.32 Å². The van der Waals surface area contributed by atoms with Crippen LogP contribution in [0, 0.1) is 0 Å². The Balaban J connectivity index is 3.08. The maximum Gasteiger partial charge on any atom is 0.426 e. The van der Waals surface area contributed by atoms with Gasteiger partial charge in [-0.2, -0.15) is 13.2 Å². The number of carbonyl (C=O) groups excluding carboxylic acids is 1. The summed E-state index contributed by atoms with van der Waals surface area (Å²) < 4.78 is 59.5. The fraction of sp³-hybridized carbons (Fsp3) is 0.300. The fourth-order valence-corrected chi connectivity index (χ4v) is 2.19. The van der Waals surface area contributed by atoms with Gasteiger partial charge in [0.05, 0.1) is 15.6 Å². The van der Waals surface area contributed by atoms with Gasteiger partial charge in [0.1, 0.15) is 0 Å². The lowest BCUT2D eigenvalue weighted by molar-refractivity contribution is -0.242. The minimum absolute atomic E-state index is 0.272. The second-order valence-corrected chi connectivity index (χ2v) is 7.08. The Kier molecular flexibility index (Phi) is 4.84. The summed E-state index contributed by atoms with van der Waals surface area (Å²) in [5.41, 5.74) is -3.94. The Morgan fingerprint density at radius 3 is 2.24 bits per heavy atom. The summed E-state index contributed by atoms with van der Waals surface area (Å²) in [6.07, 6.45) is -5.19. The number of nitrogens with one attached hydrogen (secondary N) is 1. The highest BCUT2D eigenvalue weighted by Crippen LogP contribution is 2.33. The number of hydrogen-bond acceptors (Lipinski definition) is 4. The average Bonchev–Trinajstić information content (AvgIpc) is 2.28. The predicted octanol–water partition coefficient (Wildman–Crippen LogP) is 2.52. The normalized spacial score (nSPS) is 15.4. The number of benzene rings is 1. The van der Waals surface area contributed by atoms with Gasteiger partial charge in [0, 0.05) is 10.7 Å². The molecular formula is C10H8Cl2F3NO4S. The van der Waals surface area contributed by atoms with Crippen LogP contribution in [-0.2, 0) is 13.8 Å². The van der Waals surface area contributed by atoms with E-state index in [9.17, 15) is 26.4 Å². The van der Waals surface area contributed by atoms with Gasteiger partial charge in [0.15, 0.2) is 0 Å². The summed E-state index contributed by atoms with van der Waals surface area (Å²) in [6.45, 7) is 0.272. The summed E-state index contributed by atoms with van der Waals surface area (Å²) in [6, 6.07) is 2.73. The maximum atomic E-state index is 12.5. The number of alkyl halides is 3. The summed E-state index contributed by atoms with van der Waals surface area (Å²) in [5.74, 6) is -1.77. The van der Waals surface area contributed by atoms with E-state index in [2.05, 4.69) is 0 Å². The molecule has 0 aliphatic rings. The standard InChI is InChI=1S/C10H8Cl2F3NO4S/c1-9(18,10(13,14)15)8(17)16-7-3-2-5(4-6(7)11)21(12,19)20/h2-4,18H,1H3,(H,16,17). The van der Waals surface area contributed by atoms with Crippen LogP contribution in [0.1, 0.15) is 6.92 Å². The first-order chi connectivity index (χ1) is 9.26. The van der Waals surface area contributed by atoms with Crippen molar-refractivity contribution in [3.05, 3.63) is 23.2 Å². The second kappa shape index (κ2) is 5.64. The summed E-state index contributed by atoms with van der Waals surface area (Å²) in [5, 5.41) is 10.6. The number of rotatable bonds is 3. The minimum atomic E-state index is -5.19. The van der Waals surface area contributed by atoms with E-state index in [1.54, 1.807) is 5.32 Å². The zero-order chi connectivity index (χ0) is 16.6. The van der Waals surface area contributed by atoms with E-state index in [1.807, 2.05) is 0 Å². The van der Waals surface area contributed by atoms with E-state index in [1.165, 1.54) is 0 Å². The summed E-state index contributed by atoms with van der Waals surface area (Å²) >= 11 is 5.64. The second-order valence-electron chi connectivity index (χ2n) is 4.10. The van der Waals surface area contributed by atoms with Crippen molar-refractivity contribution in [1.82, 2.24) is 0 Å². The lowest BCUT2D eigenvalue weighted by Gasteiger charge is -2.25. The number of halogens is 5. The molecule has 1 atom stereocenters. The molecule has 0 fully saturated rings. The van der Waals surface area contributed by atoms with Gasteiger partial charge < -0.3 is 10.4 Å². The van der Waals surface area contributed by atoms with Crippen molar-refractivity contribution in [3.8, 4) is 0 Å². The molecule has 0 aromatic heterocycles. The van der Waals surface area contributed by atoms with Crippen molar-refractivity contribution in [2.24, 2.45) is 0 Å². The van der Waals surface area contributed by atoms with Gasteiger partial charge in [0.2, 0.25) is 5.60 Å². The van der Waals surface area contributed by atoms with Crippen molar-refractivity contribution in [1.29, 1.82) is 0 Å². The third kappa shape index (κ3) is 4.00. The number of aliphatic hydroxyl groups is 1. The molecule has 0 saturated heterocycles. The Hall–Kier alpha value is -1.03. The molecule has 1 aromatic rings. The molecule has 0 aliphatic heterocycles. The number of anilines is 1. The molecule has 0 aliphatic carbocycles. The van der Waals surface area contributed by atoms with Crippen LogP contribution >= 0.6 is 22.3 Å². The zero-order valence-corrected chi connectivity index (χ0v) is 12.5. The minimum Gasteiger partial charge on any atom is -0.373 e. The average molecular weight is 366 g/mol. The largest absolute Gasteiger partial charge is 0.426 e. The highest BCUT2D eigenvalue weighted by molar-refractivity contribution is 8.13. The van der Waals surface area contributed by atoms with Crippen LogP contribution in [0.3, 0.4) is 0 Å². The lowest BCUT2D eigenvalue weighted by Crippen LogP contribution is -2.52. The molecule has 118 valence electrons. The van der Waals surface area contributed by atoms with Gasteiger partial charge >= 0.3 is 6.18 Å². The summed E-state index contributed by atoms with van der Waals surface area (Å²) in [7, 11) is 0.982. The molecule has 0 heterocycles. The van der Waals surface area contributed by atoms with Gasteiger partial charge in [-0.25, -0.2) is 8.42 Å². The Morgan fingerprint density at radius 2 is 1.86 bits per heavy atom. The molecule has 11 heteroatoms. The highest BCUT2D eigenvalue weighted by atomic mass is 35.7. The molecule has 1 amide bonds. The quantitative estimate of drug-likeness (QED) is 0.806. The highest BCUT2D eigenvalue weighted by Gasteiger charge is 2.55. The topological polar surface area (TPSA) is 83.5 Å². The summed E-state index contributed by atoms with van der Waals surface area (Å²) in [4.78, 5) is 11.0. The molecule has 5 nitrogen and oxygen atoms in total. The smallest absolute Gasteiger partial charge is 0.373 e. The van der Waals surface area contributed by atoms with Crippen molar-refractivity contribution in [3.63, 3.8) is 0 Å². The molecule has 0 spiro atoms. The van der Waals surface area contributed by atoms with Crippen LogP contribution < -0.4 is 5.32 Å². The number of carbonyl (C=O) groups is 1. The molecular weight excluding hydrogens is 358 g/mol. The Labute approximate surface area is 127 Å². The van der Waals surface area contributed by atoms with Gasteiger partial charge in [-0.3, -0.25) is 4.79 Å². The van der Waals surface area contributed by atoms with E-state index in [0.29, 0.717) is 0 Å². The van der Waals surface area contributed by atoms with E-state index in [-0.39, 0.29) is 17.6 Å². The van der Waals surface area contributed by atoms with Crippen LogP contribution in [0.2, 0.25) is 5.02 Å². The molecule has 1 rings (SSSR count). The van der Waals surface area contributed by atoms with Crippen molar-refractivity contribution < 1.29 is 31.5 Å². The molecule has 21 heavy (non-hydrogen) atoms. The van der Waals surface area contributed by atoms with Crippen LogP contribution in [0.4, 0.5) is 18.9 Å². The zero-order valence-electron chi connectivity index (χ0n) is 10.2. The molecule has 2 N–H and O–H groups in total. The maximum absolute atomic E-state index is 12.5.